The number of nitrogens with zero attached hydrogens (tertiary/aromatic N) is 2. The lowest BCUT2D eigenvalue weighted by molar-refractivity contribution is 0.526. The minimum atomic E-state index is 0.260. The van der Waals surface area contributed by atoms with Gasteiger partial charge in [0.1, 0.15) is 0 Å². The molecule has 1 heterocycles. The first kappa shape index (κ1) is 16.7. The van der Waals surface area contributed by atoms with Crippen molar-refractivity contribution < 1.29 is 0 Å². The van der Waals surface area contributed by atoms with Gasteiger partial charge in [0.15, 0.2) is 0 Å². The molecule has 0 fully saturated rings. The van der Waals surface area contributed by atoms with E-state index in [0.717, 1.165) is 27.6 Å². The highest BCUT2D eigenvalue weighted by atomic mass is 79.9. The first-order valence-corrected chi connectivity index (χ1v) is 8.70. The Hall–Kier alpha value is -0.650. The van der Waals surface area contributed by atoms with E-state index in [4.69, 9.17) is 0 Å². The number of aryl methyl sites for hydroxylation is 3. The van der Waals surface area contributed by atoms with E-state index in [2.05, 4.69) is 74.3 Å². The number of hydrogen-bond acceptors (Lipinski definition) is 2. The minimum absolute atomic E-state index is 0.260. The number of nitrogens with one attached hydrogen (secondary N) is 1. The topological polar surface area (TPSA) is 29.9 Å². The molecule has 2 rings (SSSR count). The van der Waals surface area contributed by atoms with E-state index in [1.54, 1.807) is 0 Å². The average molecular weight is 415 g/mol. The Morgan fingerprint density at radius 2 is 2.00 bits per heavy atom. The molecular formula is C16H21Br2N3. The highest BCUT2D eigenvalue weighted by molar-refractivity contribution is 9.10. The van der Waals surface area contributed by atoms with Gasteiger partial charge in [-0.05, 0) is 53.5 Å². The van der Waals surface area contributed by atoms with Crippen LogP contribution in [0, 0.1) is 13.8 Å². The quantitative estimate of drug-likeness (QED) is 0.782. The minimum Gasteiger partial charge on any atom is -0.310 e. The van der Waals surface area contributed by atoms with Crippen LogP contribution in [0.4, 0.5) is 0 Å². The predicted molar refractivity (Wildman–Crippen MR) is 94.6 cm³/mol. The number of rotatable bonds is 5. The molecule has 5 heteroatoms. The molecule has 1 atom stereocenters. The van der Waals surface area contributed by atoms with Crippen molar-refractivity contribution in [1.29, 1.82) is 0 Å². The molecular weight excluding hydrogens is 394 g/mol. The van der Waals surface area contributed by atoms with E-state index in [1.165, 1.54) is 16.8 Å². The Morgan fingerprint density at radius 3 is 2.52 bits per heavy atom. The monoisotopic (exact) mass is 413 g/mol. The molecule has 1 aromatic heterocycles. The van der Waals surface area contributed by atoms with E-state index in [1.807, 2.05) is 18.7 Å². The Labute approximate surface area is 143 Å². The van der Waals surface area contributed by atoms with Crippen LogP contribution in [0.3, 0.4) is 0 Å². The SMILES string of the molecule is CCNC(Cc1c(Br)c(C)nn1C)c1ccc(C)cc1Br. The van der Waals surface area contributed by atoms with Gasteiger partial charge in [0, 0.05) is 24.0 Å². The summed E-state index contributed by atoms with van der Waals surface area (Å²) >= 11 is 7.36. The largest absolute Gasteiger partial charge is 0.310 e. The molecule has 2 aromatic rings. The van der Waals surface area contributed by atoms with Crippen LogP contribution in [0.2, 0.25) is 0 Å². The number of likely N-dealkylation sites (N-methyl/N-ethyl adjacent to an activating group) is 1. The van der Waals surface area contributed by atoms with Gasteiger partial charge in [-0.2, -0.15) is 5.10 Å². The second kappa shape index (κ2) is 7.07. The molecule has 0 spiro atoms. The zero-order chi connectivity index (χ0) is 15.6. The van der Waals surface area contributed by atoms with Crippen molar-refractivity contribution in [3.8, 4) is 0 Å². The van der Waals surface area contributed by atoms with Crippen molar-refractivity contribution >= 4 is 31.9 Å². The van der Waals surface area contributed by atoms with Crippen LogP contribution in [-0.4, -0.2) is 16.3 Å². The maximum absolute atomic E-state index is 4.48. The Balaban J connectivity index is 2.35. The van der Waals surface area contributed by atoms with Crippen LogP contribution < -0.4 is 5.32 Å². The highest BCUT2D eigenvalue weighted by Crippen LogP contribution is 2.30. The summed E-state index contributed by atoms with van der Waals surface area (Å²) in [6.45, 7) is 7.20. The van der Waals surface area contributed by atoms with Crippen LogP contribution in [0.1, 0.15) is 35.5 Å². The van der Waals surface area contributed by atoms with Crippen molar-refractivity contribution in [3.63, 3.8) is 0 Å². The summed E-state index contributed by atoms with van der Waals surface area (Å²) in [5, 5.41) is 8.06. The lowest BCUT2D eigenvalue weighted by atomic mass is 10.0. The molecule has 0 aliphatic heterocycles. The van der Waals surface area contributed by atoms with Crippen LogP contribution in [0.25, 0.3) is 0 Å². The number of benzene rings is 1. The van der Waals surface area contributed by atoms with E-state index >= 15 is 0 Å². The lowest BCUT2D eigenvalue weighted by Gasteiger charge is -2.20. The van der Waals surface area contributed by atoms with Crippen molar-refractivity contribution in [1.82, 2.24) is 15.1 Å². The van der Waals surface area contributed by atoms with Gasteiger partial charge in [0.05, 0.1) is 15.9 Å². The molecule has 0 amide bonds. The van der Waals surface area contributed by atoms with Crippen molar-refractivity contribution in [3.05, 3.63) is 49.7 Å². The van der Waals surface area contributed by atoms with E-state index in [-0.39, 0.29) is 6.04 Å². The molecule has 1 aromatic carbocycles. The number of aromatic nitrogens is 2. The van der Waals surface area contributed by atoms with Crippen LogP contribution in [-0.2, 0) is 13.5 Å². The van der Waals surface area contributed by atoms with Crippen molar-refractivity contribution in [2.75, 3.05) is 6.54 Å². The van der Waals surface area contributed by atoms with E-state index in [9.17, 15) is 0 Å². The number of halogens is 2. The van der Waals surface area contributed by atoms with Crippen LogP contribution >= 0.6 is 31.9 Å². The molecule has 1 N–H and O–H groups in total. The lowest BCUT2D eigenvalue weighted by Crippen LogP contribution is -2.24. The van der Waals surface area contributed by atoms with Gasteiger partial charge in [-0.15, -0.1) is 0 Å². The van der Waals surface area contributed by atoms with Gasteiger partial charge in [-0.1, -0.05) is 35.0 Å². The molecule has 3 nitrogen and oxygen atoms in total. The third-order valence-electron chi connectivity index (χ3n) is 3.64. The number of hydrogen-bond donors (Lipinski definition) is 1. The highest BCUT2D eigenvalue weighted by Gasteiger charge is 2.19. The normalized spacial score (nSPS) is 12.7. The Morgan fingerprint density at radius 1 is 1.29 bits per heavy atom. The fourth-order valence-corrected chi connectivity index (χ4v) is 3.82. The standard InChI is InChI=1S/C16H21Br2N3/c1-5-19-14(12-7-6-10(2)8-13(12)17)9-15-16(18)11(3)20-21(15)4/h6-8,14,19H,5,9H2,1-4H3. The van der Waals surface area contributed by atoms with Crippen LogP contribution in [0.5, 0.6) is 0 Å². The van der Waals surface area contributed by atoms with Crippen molar-refractivity contribution in [2.45, 2.75) is 33.2 Å². The smallest absolute Gasteiger partial charge is 0.0738 e. The maximum Gasteiger partial charge on any atom is 0.0738 e. The third kappa shape index (κ3) is 3.76. The van der Waals surface area contributed by atoms with Crippen LogP contribution in [0.15, 0.2) is 27.1 Å². The molecule has 1 unspecified atom stereocenters. The molecule has 114 valence electrons. The van der Waals surface area contributed by atoms with E-state index < -0.39 is 0 Å². The summed E-state index contributed by atoms with van der Waals surface area (Å²) in [7, 11) is 2.00. The van der Waals surface area contributed by atoms with E-state index in [0.29, 0.717) is 0 Å². The zero-order valence-electron chi connectivity index (χ0n) is 12.9. The molecule has 0 aliphatic rings. The predicted octanol–water partition coefficient (Wildman–Crippen LogP) is 4.46. The molecule has 21 heavy (non-hydrogen) atoms. The summed E-state index contributed by atoms with van der Waals surface area (Å²) in [5.41, 5.74) is 4.79. The Kier molecular flexibility index (Phi) is 5.63. The fraction of sp³-hybridized carbons (Fsp3) is 0.438. The van der Waals surface area contributed by atoms with Gasteiger partial charge in [0.2, 0.25) is 0 Å². The summed E-state index contributed by atoms with van der Waals surface area (Å²) < 4.78 is 4.23. The summed E-state index contributed by atoms with van der Waals surface area (Å²) in [4.78, 5) is 0. The van der Waals surface area contributed by atoms with Gasteiger partial charge in [0.25, 0.3) is 0 Å². The molecule has 0 saturated carbocycles. The first-order chi connectivity index (χ1) is 9.93. The second-order valence-corrected chi connectivity index (χ2v) is 6.96. The average Bonchev–Trinajstić information content (AvgIpc) is 2.65. The third-order valence-corrected chi connectivity index (χ3v) is 5.36. The Bertz CT molecular complexity index is 635. The summed E-state index contributed by atoms with van der Waals surface area (Å²) in [6, 6.07) is 6.79. The maximum atomic E-state index is 4.48. The summed E-state index contributed by atoms with van der Waals surface area (Å²) in [5.74, 6) is 0. The van der Waals surface area contributed by atoms with Gasteiger partial charge >= 0.3 is 0 Å². The molecule has 0 aliphatic carbocycles. The fourth-order valence-electron chi connectivity index (χ4n) is 2.55. The zero-order valence-corrected chi connectivity index (χ0v) is 16.0. The summed E-state index contributed by atoms with van der Waals surface area (Å²) in [6.07, 6.45) is 0.896. The molecule has 0 bridgehead atoms. The molecule has 0 radical (unpaired) electrons. The second-order valence-electron chi connectivity index (χ2n) is 5.31. The molecule has 0 saturated heterocycles. The van der Waals surface area contributed by atoms with Crippen molar-refractivity contribution in [2.24, 2.45) is 7.05 Å². The van der Waals surface area contributed by atoms with Gasteiger partial charge < -0.3 is 5.32 Å². The van der Waals surface area contributed by atoms with Gasteiger partial charge in [-0.3, -0.25) is 4.68 Å². The van der Waals surface area contributed by atoms with Gasteiger partial charge in [-0.25, -0.2) is 0 Å². The first-order valence-electron chi connectivity index (χ1n) is 7.11.